The molecule has 0 unspecified atom stereocenters. The number of carbonyl (C=O) groups excluding carboxylic acids is 3. The van der Waals surface area contributed by atoms with Crippen molar-refractivity contribution in [1.29, 1.82) is 0 Å². The molecule has 1 saturated heterocycles. The summed E-state index contributed by atoms with van der Waals surface area (Å²) in [5, 5.41) is -0.411. The summed E-state index contributed by atoms with van der Waals surface area (Å²) in [6.45, 7) is 7.33. The summed E-state index contributed by atoms with van der Waals surface area (Å²) >= 11 is 1.40. The molecule has 0 amide bonds. The molecule has 0 bridgehead atoms. The van der Waals surface area contributed by atoms with Crippen LogP contribution in [-0.2, 0) is 18.9 Å². The molecule has 2 aromatic rings. The minimum atomic E-state index is -0.880. The molecule has 3 atom stereocenters. The number of aryl methyl sites for hydroxylation is 2. The first-order valence-corrected chi connectivity index (χ1v) is 11.5. The molecule has 8 heteroatoms. The van der Waals surface area contributed by atoms with Crippen LogP contribution in [0.3, 0.4) is 0 Å². The van der Waals surface area contributed by atoms with E-state index in [-0.39, 0.29) is 13.2 Å². The average molecular weight is 471 g/mol. The van der Waals surface area contributed by atoms with E-state index < -0.39 is 35.6 Å². The van der Waals surface area contributed by atoms with Crippen LogP contribution in [0.2, 0.25) is 0 Å². The lowest BCUT2D eigenvalue weighted by molar-refractivity contribution is -0.0366. The van der Waals surface area contributed by atoms with Crippen LogP contribution in [0.25, 0.3) is 0 Å². The van der Waals surface area contributed by atoms with E-state index in [2.05, 4.69) is 6.58 Å². The maximum absolute atomic E-state index is 12.7. The first kappa shape index (κ1) is 24.4. The van der Waals surface area contributed by atoms with Crippen molar-refractivity contribution in [2.45, 2.75) is 31.3 Å². The highest BCUT2D eigenvalue weighted by molar-refractivity contribution is 8.00. The van der Waals surface area contributed by atoms with Crippen LogP contribution in [0.4, 0.5) is 4.79 Å². The average Bonchev–Trinajstić information content (AvgIpc) is 3.17. The maximum Gasteiger partial charge on any atom is 0.509 e. The van der Waals surface area contributed by atoms with Gasteiger partial charge in [-0.25, -0.2) is 14.4 Å². The van der Waals surface area contributed by atoms with Crippen molar-refractivity contribution in [1.82, 2.24) is 0 Å². The third-order valence-corrected chi connectivity index (χ3v) is 6.32. The quantitative estimate of drug-likeness (QED) is 0.316. The summed E-state index contributed by atoms with van der Waals surface area (Å²) in [5.74, 6) is -0.665. The Labute approximate surface area is 197 Å². The Morgan fingerprint density at radius 3 is 2.06 bits per heavy atom. The van der Waals surface area contributed by atoms with Crippen molar-refractivity contribution in [2.24, 2.45) is 0 Å². The lowest BCUT2D eigenvalue weighted by Gasteiger charge is -2.24. The monoisotopic (exact) mass is 470 g/mol. The van der Waals surface area contributed by atoms with Gasteiger partial charge in [0, 0.05) is 5.75 Å². The highest BCUT2D eigenvalue weighted by atomic mass is 32.2. The third-order valence-electron chi connectivity index (χ3n) is 4.97. The molecule has 1 aliphatic heterocycles. The van der Waals surface area contributed by atoms with Gasteiger partial charge in [-0.2, -0.15) is 0 Å². The molecule has 2 aromatic carbocycles. The molecular formula is C25H26O7S. The predicted molar refractivity (Wildman–Crippen MR) is 125 cm³/mol. The van der Waals surface area contributed by atoms with Crippen LogP contribution in [0, 0.1) is 13.8 Å². The summed E-state index contributed by atoms with van der Waals surface area (Å²) in [6.07, 6.45) is -1.02. The van der Waals surface area contributed by atoms with Crippen molar-refractivity contribution in [2.75, 3.05) is 19.0 Å². The molecule has 1 heterocycles. The lowest BCUT2D eigenvalue weighted by atomic mass is 10.1. The first-order chi connectivity index (χ1) is 15.9. The highest BCUT2D eigenvalue weighted by Crippen LogP contribution is 2.33. The van der Waals surface area contributed by atoms with E-state index in [0.29, 0.717) is 16.9 Å². The summed E-state index contributed by atoms with van der Waals surface area (Å²) in [5.41, 5.74) is 2.85. The zero-order valence-electron chi connectivity index (χ0n) is 18.5. The minimum absolute atomic E-state index is 0.00408. The number of ether oxygens (including phenoxy) is 4. The van der Waals surface area contributed by atoms with Gasteiger partial charge in [-0.15, -0.1) is 11.8 Å². The van der Waals surface area contributed by atoms with E-state index in [1.807, 2.05) is 38.1 Å². The number of carbonyl (C=O) groups is 3. The summed E-state index contributed by atoms with van der Waals surface area (Å²) in [4.78, 5) is 37.1. The van der Waals surface area contributed by atoms with Crippen LogP contribution < -0.4 is 0 Å². The maximum atomic E-state index is 12.7. The molecule has 1 fully saturated rings. The normalized spacial score (nSPS) is 19.4. The SMILES string of the molecule is C=CCOC(=O)O[C@H]1CS[C@@H](COC(=O)c2ccc(C)cc2)[C@H]1OC(=O)c1ccc(C)cc1. The Morgan fingerprint density at radius 2 is 1.48 bits per heavy atom. The molecule has 0 radical (unpaired) electrons. The van der Waals surface area contributed by atoms with Crippen LogP contribution in [-0.4, -0.2) is 54.5 Å². The topological polar surface area (TPSA) is 88.1 Å². The van der Waals surface area contributed by atoms with Crippen LogP contribution in [0.15, 0.2) is 61.2 Å². The third kappa shape index (κ3) is 6.86. The number of rotatable bonds is 8. The van der Waals surface area contributed by atoms with Crippen molar-refractivity contribution in [3.8, 4) is 0 Å². The fourth-order valence-electron chi connectivity index (χ4n) is 3.14. The predicted octanol–water partition coefficient (Wildman–Crippen LogP) is 4.51. The van der Waals surface area contributed by atoms with E-state index in [1.165, 1.54) is 17.8 Å². The zero-order chi connectivity index (χ0) is 23.8. The molecule has 174 valence electrons. The fraction of sp³-hybridized carbons (Fsp3) is 0.320. The molecule has 1 aliphatic rings. The molecule has 0 N–H and O–H groups in total. The van der Waals surface area contributed by atoms with E-state index >= 15 is 0 Å². The van der Waals surface area contributed by atoms with Gasteiger partial charge >= 0.3 is 18.1 Å². The smallest absolute Gasteiger partial charge is 0.461 e. The number of thioether (sulfide) groups is 1. The van der Waals surface area contributed by atoms with E-state index in [0.717, 1.165) is 11.1 Å². The van der Waals surface area contributed by atoms with Crippen molar-refractivity contribution < 1.29 is 33.3 Å². The molecule has 0 spiro atoms. The van der Waals surface area contributed by atoms with Crippen molar-refractivity contribution in [3.05, 3.63) is 83.4 Å². The number of hydrogen-bond donors (Lipinski definition) is 0. The van der Waals surface area contributed by atoms with Crippen LogP contribution in [0.1, 0.15) is 31.8 Å². The molecule has 0 aliphatic carbocycles. The second-order valence-electron chi connectivity index (χ2n) is 7.58. The van der Waals surface area contributed by atoms with E-state index in [4.69, 9.17) is 18.9 Å². The number of benzene rings is 2. The second kappa shape index (κ2) is 11.6. The van der Waals surface area contributed by atoms with Gasteiger partial charge in [0.1, 0.15) is 13.2 Å². The van der Waals surface area contributed by atoms with Gasteiger partial charge in [0.15, 0.2) is 12.2 Å². The van der Waals surface area contributed by atoms with E-state index in [9.17, 15) is 14.4 Å². The highest BCUT2D eigenvalue weighted by Gasteiger charge is 2.43. The van der Waals surface area contributed by atoms with Crippen molar-refractivity contribution in [3.63, 3.8) is 0 Å². The van der Waals surface area contributed by atoms with Gasteiger partial charge in [0.25, 0.3) is 0 Å². The Bertz CT molecular complexity index is 985. The van der Waals surface area contributed by atoms with E-state index in [1.54, 1.807) is 24.3 Å². The van der Waals surface area contributed by atoms with Gasteiger partial charge in [-0.3, -0.25) is 0 Å². The molecule has 3 rings (SSSR count). The number of hydrogen-bond acceptors (Lipinski definition) is 8. The van der Waals surface area contributed by atoms with Gasteiger partial charge in [-0.1, -0.05) is 48.0 Å². The second-order valence-corrected chi connectivity index (χ2v) is 8.85. The molecule has 33 heavy (non-hydrogen) atoms. The summed E-state index contributed by atoms with van der Waals surface area (Å²) < 4.78 is 21.4. The van der Waals surface area contributed by atoms with Gasteiger partial charge in [0.2, 0.25) is 0 Å². The summed E-state index contributed by atoms with van der Waals surface area (Å²) in [7, 11) is 0. The first-order valence-electron chi connectivity index (χ1n) is 10.4. The lowest BCUT2D eigenvalue weighted by Crippen LogP contribution is -2.40. The van der Waals surface area contributed by atoms with Crippen molar-refractivity contribution >= 4 is 29.9 Å². The Kier molecular flexibility index (Phi) is 8.54. The Hall–Kier alpha value is -3.26. The van der Waals surface area contributed by atoms with Crippen LogP contribution in [0.5, 0.6) is 0 Å². The Morgan fingerprint density at radius 1 is 0.909 bits per heavy atom. The van der Waals surface area contributed by atoms with Crippen LogP contribution >= 0.6 is 11.8 Å². The minimum Gasteiger partial charge on any atom is -0.461 e. The van der Waals surface area contributed by atoms with Gasteiger partial charge < -0.3 is 18.9 Å². The summed E-state index contributed by atoms with van der Waals surface area (Å²) in [6, 6.07) is 14.0. The standard InChI is InChI=1S/C25H26O7S/c1-4-13-29-25(28)31-20-15-33-21(14-30-23(26)18-9-5-16(2)6-10-18)22(20)32-24(27)19-11-7-17(3)8-12-19/h4-12,20-22H,1,13-15H2,2-3H3/t20-,21-,22-/m0/s1. The Balaban J connectivity index is 1.68. The number of esters is 2. The van der Waals surface area contributed by atoms with Gasteiger partial charge in [0.05, 0.1) is 16.4 Å². The molecule has 0 aromatic heterocycles. The van der Waals surface area contributed by atoms with Gasteiger partial charge in [-0.05, 0) is 38.1 Å². The largest absolute Gasteiger partial charge is 0.509 e. The fourth-order valence-corrected chi connectivity index (χ4v) is 4.42. The molecule has 0 saturated carbocycles. The molecular weight excluding hydrogens is 444 g/mol. The molecule has 7 nitrogen and oxygen atoms in total. The zero-order valence-corrected chi connectivity index (χ0v) is 19.3.